The maximum absolute atomic E-state index is 14.4. The summed E-state index contributed by atoms with van der Waals surface area (Å²) in [5, 5.41) is 21.0. The third-order valence-electron chi connectivity index (χ3n) is 11.8. The second kappa shape index (κ2) is 26.8. The molecule has 0 aromatic rings. The normalized spacial score (nSPS) is 19.8. The van der Waals surface area contributed by atoms with Crippen LogP contribution in [0.2, 0.25) is 0 Å². The fourth-order valence-corrected chi connectivity index (χ4v) is 8.97. The summed E-state index contributed by atoms with van der Waals surface area (Å²) in [5.41, 5.74) is 28.2. The first-order valence-corrected chi connectivity index (χ1v) is 23.2. The van der Waals surface area contributed by atoms with Crippen molar-refractivity contribution in [1.29, 1.82) is 0 Å². The first-order valence-electron chi connectivity index (χ1n) is 21.8. The number of carboxylic acid groups (broad SMARTS) is 1. The highest BCUT2D eigenvalue weighted by Crippen LogP contribution is 2.29. The Labute approximate surface area is 358 Å². The van der Waals surface area contributed by atoms with Crippen molar-refractivity contribution in [2.24, 2.45) is 50.5 Å². The number of thioether (sulfide) groups is 1. The second-order valence-electron chi connectivity index (χ2n) is 16.5. The highest BCUT2D eigenvalue weighted by Gasteiger charge is 2.40. The van der Waals surface area contributed by atoms with Gasteiger partial charge in [0.1, 0.15) is 30.2 Å². The van der Waals surface area contributed by atoms with Gasteiger partial charge in [-0.15, -0.1) is 0 Å². The van der Waals surface area contributed by atoms with Crippen molar-refractivity contribution in [3.05, 3.63) is 0 Å². The molecule has 0 aromatic carbocycles. The molecule has 1 heterocycles. The predicted molar refractivity (Wildman–Crippen MR) is 233 cm³/mol. The maximum atomic E-state index is 14.4. The molecule has 0 bridgehead atoms. The Morgan fingerprint density at radius 2 is 1.17 bits per heavy atom. The van der Waals surface area contributed by atoms with Crippen molar-refractivity contribution in [2.75, 3.05) is 31.6 Å². The predicted octanol–water partition coefficient (Wildman–Crippen LogP) is 0.130. The van der Waals surface area contributed by atoms with Crippen LogP contribution in [-0.2, 0) is 28.8 Å². The Kier molecular flexibility index (Phi) is 22.3. The van der Waals surface area contributed by atoms with Crippen LogP contribution in [0.25, 0.3) is 0 Å². The van der Waals surface area contributed by atoms with Gasteiger partial charge in [0.15, 0.2) is 11.9 Å². The van der Waals surface area contributed by atoms with Crippen LogP contribution in [0.1, 0.15) is 122 Å². The zero-order valence-electron chi connectivity index (χ0n) is 35.4. The number of likely N-dealkylation sites (tertiary alicyclic amines) is 1. The van der Waals surface area contributed by atoms with E-state index in [1.807, 2.05) is 6.26 Å². The van der Waals surface area contributed by atoms with E-state index >= 15 is 0 Å². The molecule has 3 fully saturated rings. The number of aliphatic carboxylic acids is 1. The molecule has 3 aliphatic rings. The third kappa shape index (κ3) is 17.7. The number of hydrogen-bond acceptors (Lipinski definition) is 10. The van der Waals surface area contributed by atoms with Gasteiger partial charge in [-0.1, -0.05) is 64.2 Å². The van der Waals surface area contributed by atoms with E-state index in [-0.39, 0.29) is 62.6 Å². The smallest absolute Gasteiger partial charge is 0.326 e. The summed E-state index contributed by atoms with van der Waals surface area (Å²) in [5.74, 6) is -3.02. The highest BCUT2D eigenvalue weighted by atomic mass is 32.2. The van der Waals surface area contributed by atoms with E-state index in [1.54, 1.807) is 0 Å². The van der Waals surface area contributed by atoms with Crippen molar-refractivity contribution in [3.63, 3.8) is 0 Å². The number of guanidine groups is 2. The number of hydrogen-bond donors (Lipinski definition) is 10. The lowest BCUT2D eigenvalue weighted by molar-refractivity contribution is -0.144. The minimum Gasteiger partial charge on any atom is -0.480 e. The van der Waals surface area contributed by atoms with E-state index < -0.39 is 65.8 Å². The molecule has 340 valence electrons. The van der Waals surface area contributed by atoms with E-state index in [0.29, 0.717) is 50.2 Å². The van der Waals surface area contributed by atoms with Crippen molar-refractivity contribution >= 4 is 59.2 Å². The molecule has 0 radical (unpaired) electrons. The van der Waals surface area contributed by atoms with Gasteiger partial charge in [0.05, 0.1) is 6.04 Å². The van der Waals surface area contributed by atoms with Gasteiger partial charge >= 0.3 is 5.97 Å². The number of carbonyl (C=O) groups excluding carboxylic acids is 5. The second-order valence-corrected chi connectivity index (χ2v) is 17.5. The van der Waals surface area contributed by atoms with Gasteiger partial charge in [0, 0.05) is 19.6 Å². The van der Waals surface area contributed by atoms with E-state index in [4.69, 9.17) is 28.7 Å². The van der Waals surface area contributed by atoms with E-state index in [0.717, 1.165) is 57.8 Å². The van der Waals surface area contributed by atoms with Crippen LogP contribution in [0.15, 0.2) is 9.98 Å². The van der Waals surface area contributed by atoms with Crippen LogP contribution in [0.3, 0.4) is 0 Å². The molecule has 0 aromatic heterocycles. The summed E-state index contributed by atoms with van der Waals surface area (Å²) >= 11 is 1.45. The molecule has 0 unspecified atom stereocenters. The number of nitrogens with zero attached hydrogens (tertiary/aromatic N) is 3. The average molecular weight is 865 g/mol. The SMILES string of the molecule is CSCC[C@H](NC(=O)[C@@H]1CCCN1C(=O)[C@H](CCCN=C(N)N)NC(=O)[C@H](CC1CCCCC1)NC(=O)[C@@H](N)CC1CCCCC1)C(=O)N[C@@H](CCCN=C(N)N)C(=O)O. The Balaban J connectivity index is 1.78. The molecule has 20 heteroatoms. The van der Waals surface area contributed by atoms with Crippen LogP contribution >= 0.6 is 11.8 Å². The van der Waals surface area contributed by atoms with Gasteiger partial charge in [0.25, 0.3) is 0 Å². The Morgan fingerprint density at radius 3 is 1.72 bits per heavy atom. The Bertz CT molecular complexity index is 1470. The van der Waals surface area contributed by atoms with Crippen molar-refractivity contribution in [1.82, 2.24) is 26.2 Å². The zero-order valence-corrected chi connectivity index (χ0v) is 36.2. The maximum Gasteiger partial charge on any atom is 0.326 e. The van der Waals surface area contributed by atoms with Crippen molar-refractivity contribution in [2.45, 2.75) is 158 Å². The molecule has 2 saturated carbocycles. The zero-order chi connectivity index (χ0) is 44.0. The largest absolute Gasteiger partial charge is 0.480 e. The number of amides is 5. The number of carboxylic acids is 1. The molecule has 6 atom stereocenters. The van der Waals surface area contributed by atoms with Crippen LogP contribution in [0.5, 0.6) is 0 Å². The summed E-state index contributed by atoms with van der Waals surface area (Å²) in [4.78, 5) is 90.9. The van der Waals surface area contributed by atoms with Gasteiger partial charge in [-0.2, -0.15) is 11.8 Å². The molecule has 1 aliphatic heterocycles. The first kappa shape index (κ1) is 50.0. The number of carbonyl (C=O) groups is 6. The summed E-state index contributed by atoms with van der Waals surface area (Å²) in [6.45, 7) is 0.607. The number of rotatable bonds is 25. The fraction of sp³-hybridized carbons (Fsp3) is 0.800. The molecule has 60 heavy (non-hydrogen) atoms. The van der Waals surface area contributed by atoms with Crippen LogP contribution in [-0.4, -0.2) is 125 Å². The molecule has 19 nitrogen and oxygen atoms in total. The topological polar surface area (TPSA) is 329 Å². The van der Waals surface area contributed by atoms with Gasteiger partial charge in [-0.25, -0.2) is 4.79 Å². The molecular weight excluding hydrogens is 793 g/mol. The number of aliphatic imine (C=N–C) groups is 2. The first-order chi connectivity index (χ1) is 28.7. The molecule has 5 amide bonds. The average Bonchev–Trinajstić information content (AvgIpc) is 3.72. The van der Waals surface area contributed by atoms with E-state index in [9.17, 15) is 33.9 Å². The van der Waals surface area contributed by atoms with Crippen LogP contribution in [0, 0.1) is 11.8 Å². The summed E-state index contributed by atoms with van der Waals surface area (Å²) in [6, 6.07) is -6.03. The standard InChI is InChI=1S/C40H72N12O7S/c1-60-22-18-28(34(54)50-30(38(58)59)16-9-20-47-40(44)45)48-36(56)32-17-10-21-52(32)37(57)29(15-8-19-46-39(42)43)49-35(55)31(24-26-13-6-3-7-14-26)51-33(53)27(41)23-25-11-4-2-5-12-25/h25-32H,2-24,41H2,1H3,(H,48,56)(H,49,55)(H,50,54)(H,51,53)(H,58,59)(H4,42,43,46)(H4,44,45,47)/t27-,28-,29-,30-,31-,32-/m0/s1. The van der Waals surface area contributed by atoms with E-state index in [2.05, 4.69) is 31.3 Å². The van der Waals surface area contributed by atoms with Gasteiger partial charge in [-0.05, 0) is 81.6 Å². The summed E-state index contributed by atoms with van der Waals surface area (Å²) in [7, 11) is 0. The molecular formula is C40H72N12O7S. The van der Waals surface area contributed by atoms with Crippen molar-refractivity contribution in [3.8, 4) is 0 Å². The monoisotopic (exact) mass is 865 g/mol. The lowest BCUT2D eigenvalue weighted by Gasteiger charge is -2.32. The quantitative estimate of drug-likeness (QED) is 0.0332. The molecule has 15 N–H and O–H groups in total. The summed E-state index contributed by atoms with van der Waals surface area (Å²) < 4.78 is 0. The summed E-state index contributed by atoms with van der Waals surface area (Å²) in [6.07, 6.45) is 15.2. The van der Waals surface area contributed by atoms with Gasteiger partial charge in [0.2, 0.25) is 29.5 Å². The lowest BCUT2D eigenvalue weighted by atomic mass is 9.84. The Hall–Kier alpha value is -4.33. The van der Waals surface area contributed by atoms with Crippen molar-refractivity contribution < 1.29 is 33.9 Å². The number of nitrogens with one attached hydrogen (secondary N) is 4. The lowest BCUT2D eigenvalue weighted by Crippen LogP contribution is -2.59. The molecule has 2 aliphatic carbocycles. The molecule has 0 spiro atoms. The molecule has 3 rings (SSSR count). The van der Waals surface area contributed by atoms with E-state index in [1.165, 1.54) is 23.1 Å². The van der Waals surface area contributed by atoms with Gasteiger partial charge in [-0.3, -0.25) is 34.0 Å². The van der Waals surface area contributed by atoms with Crippen LogP contribution in [0.4, 0.5) is 0 Å². The Morgan fingerprint density at radius 1 is 0.650 bits per heavy atom. The molecule has 1 saturated heterocycles. The fourth-order valence-electron chi connectivity index (χ4n) is 8.50. The van der Waals surface area contributed by atoms with Gasteiger partial charge < -0.3 is 59.9 Å². The van der Waals surface area contributed by atoms with Crippen LogP contribution < -0.4 is 49.9 Å². The third-order valence-corrected chi connectivity index (χ3v) is 12.4. The highest BCUT2D eigenvalue weighted by molar-refractivity contribution is 7.98. The number of nitrogens with two attached hydrogens (primary N) is 5. The minimum atomic E-state index is -1.24. The minimum absolute atomic E-state index is 0.0563.